The Bertz CT molecular complexity index is 960. The molecule has 2 N–H and O–H groups in total. The number of halogens is 1. The van der Waals surface area contributed by atoms with Gasteiger partial charge in [-0.05, 0) is 49.2 Å². The van der Waals surface area contributed by atoms with Crippen molar-refractivity contribution in [3.63, 3.8) is 0 Å². The molecule has 1 aliphatic heterocycles. The van der Waals surface area contributed by atoms with E-state index in [0.29, 0.717) is 5.82 Å². The molecule has 2 aromatic heterocycles. The van der Waals surface area contributed by atoms with Gasteiger partial charge in [0.15, 0.2) is 11.5 Å². The highest BCUT2D eigenvalue weighted by Gasteiger charge is 2.24. The van der Waals surface area contributed by atoms with E-state index in [1.807, 2.05) is 35.7 Å². The smallest absolute Gasteiger partial charge is 0.315 e. The van der Waals surface area contributed by atoms with E-state index in [1.165, 1.54) is 12.1 Å². The highest BCUT2D eigenvalue weighted by molar-refractivity contribution is 7.99. The quantitative estimate of drug-likeness (QED) is 0.740. The van der Waals surface area contributed by atoms with E-state index in [9.17, 15) is 9.18 Å². The van der Waals surface area contributed by atoms with Crippen molar-refractivity contribution in [2.75, 3.05) is 5.75 Å². The number of amides is 2. The third-order valence-corrected chi connectivity index (χ3v) is 5.51. The molecule has 0 radical (unpaired) electrons. The molecule has 3 aromatic rings. The van der Waals surface area contributed by atoms with Gasteiger partial charge in [0.1, 0.15) is 5.82 Å². The fourth-order valence-corrected chi connectivity index (χ4v) is 4.24. The van der Waals surface area contributed by atoms with Crippen LogP contribution in [0, 0.1) is 5.82 Å². The zero-order valence-electron chi connectivity index (χ0n) is 14.1. The van der Waals surface area contributed by atoms with Crippen molar-refractivity contribution in [2.24, 2.45) is 0 Å². The summed E-state index contributed by atoms with van der Waals surface area (Å²) >= 11 is 1.68. The number of urea groups is 1. The fraction of sp³-hybridized carbons (Fsp3) is 0.278. The molecule has 2 atom stereocenters. The number of nitrogens with one attached hydrogen (secondary N) is 2. The maximum Gasteiger partial charge on any atom is 0.315 e. The zero-order valence-corrected chi connectivity index (χ0v) is 15.0. The Labute approximate surface area is 154 Å². The van der Waals surface area contributed by atoms with Crippen molar-refractivity contribution in [3.05, 3.63) is 59.8 Å². The Morgan fingerprint density at radius 2 is 2.23 bits per heavy atom. The first-order valence-electron chi connectivity index (χ1n) is 8.41. The minimum absolute atomic E-state index is 0.204. The van der Waals surface area contributed by atoms with Gasteiger partial charge in [0.2, 0.25) is 0 Å². The number of fused-ring (bicyclic) bond motifs is 2. The normalized spacial score (nSPS) is 17.5. The van der Waals surface area contributed by atoms with Crippen LogP contribution in [0.5, 0.6) is 0 Å². The van der Waals surface area contributed by atoms with Crippen LogP contribution in [0.15, 0.2) is 47.5 Å². The molecule has 2 amide bonds. The number of thioether (sulfide) groups is 1. The topological polar surface area (TPSA) is 71.3 Å². The first kappa shape index (κ1) is 16.8. The molecular weight excluding hydrogens is 353 g/mol. The lowest BCUT2D eigenvalue weighted by atomic mass is 10.0. The lowest BCUT2D eigenvalue weighted by Gasteiger charge is -2.26. The SMILES string of the molecule is CC(NC(=O)NC1CCSc2ccc(F)cc21)c1nnc2ccccn12. The van der Waals surface area contributed by atoms with Crippen LogP contribution in [0.4, 0.5) is 9.18 Å². The van der Waals surface area contributed by atoms with Crippen molar-refractivity contribution < 1.29 is 9.18 Å². The summed E-state index contributed by atoms with van der Waals surface area (Å²) in [6.45, 7) is 1.85. The molecule has 134 valence electrons. The first-order valence-corrected chi connectivity index (χ1v) is 9.39. The van der Waals surface area contributed by atoms with Gasteiger partial charge in [-0.2, -0.15) is 0 Å². The monoisotopic (exact) mass is 371 g/mol. The van der Waals surface area contributed by atoms with Gasteiger partial charge in [-0.25, -0.2) is 9.18 Å². The highest BCUT2D eigenvalue weighted by atomic mass is 32.2. The second kappa shape index (κ2) is 6.95. The third kappa shape index (κ3) is 3.24. The zero-order chi connectivity index (χ0) is 18.1. The predicted octanol–water partition coefficient (Wildman–Crippen LogP) is 3.47. The van der Waals surface area contributed by atoms with Crippen LogP contribution in [0.3, 0.4) is 0 Å². The van der Waals surface area contributed by atoms with Gasteiger partial charge in [-0.15, -0.1) is 22.0 Å². The molecule has 2 unspecified atom stereocenters. The van der Waals surface area contributed by atoms with E-state index < -0.39 is 0 Å². The first-order chi connectivity index (χ1) is 12.6. The van der Waals surface area contributed by atoms with E-state index in [-0.39, 0.29) is 23.9 Å². The maximum atomic E-state index is 13.6. The number of carbonyl (C=O) groups is 1. The number of hydrogen-bond donors (Lipinski definition) is 2. The van der Waals surface area contributed by atoms with E-state index in [1.54, 1.807) is 17.8 Å². The second-order valence-corrected chi connectivity index (χ2v) is 7.34. The number of hydrogen-bond acceptors (Lipinski definition) is 4. The molecule has 0 spiro atoms. The van der Waals surface area contributed by atoms with Crippen LogP contribution in [0.2, 0.25) is 0 Å². The minimum atomic E-state index is -0.322. The van der Waals surface area contributed by atoms with Gasteiger partial charge >= 0.3 is 6.03 Å². The summed E-state index contributed by atoms with van der Waals surface area (Å²) < 4.78 is 15.4. The number of pyridine rings is 1. The molecule has 0 bridgehead atoms. The Hall–Kier alpha value is -2.61. The van der Waals surface area contributed by atoms with Gasteiger partial charge in [-0.1, -0.05) is 6.07 Å². The number of rotatable bonds is 3. The molecule has 1 aromatic carbocycles. The number of aromatic nitrogens is 3. The van der Waals surface area contributed by atoms with Crippen LogP contribution >= 0.6 is 11.8 Å². The average molecular weight is 371 g/mol. The molecule has 26 heavy (non-hydrogen) atoms. The summed E-state index contributed by atoms with van der Waals surface area (Å²) in [6.07, 6.45) is 2.62. The summed E-state index contributed by atoms with van der Waals surface area (Å²) in [5.41, 5.74) is 1.56. The van der Waals surface area contributed by atoms with Crippen molar-refractivity contribution >= 4 is 23.4 Å². The summed E-state index contributed by atoms with van der Waals surface area (Å²) in [5.74, 6) is 1.25. The summed E-state index contributed by atoms with van der Waals surface area (Å²) in [5, 5.41) is 14.1. The molecule has 0 saturated heterocycles. The molecular formula is C18H18FN5OS. The Morgan fingerprint density at radius 3 is 3.12 bits per heavy atom. The van der Waals surface area contributed by atoms with Crippen molar-refractivity contribution in [2.45, 2.75) is 30.3 Å². The molecule has 6 nitrogen and oxygen atoms in total. The summed E-state index contributed by atoms with van der Waals surface area (Å²) in [7, 11) is 0. The Balaban J connectivity index is 1.47. The molecule has 0 fully saturated rings. The maximum absolute atomic E-state index is 13.6. The molecule has 0 aliphatic carbocycles. The van der Waals surface area contributed by atoms with E-state index >= 15 is 0 Å². The molecule has 0 saturated carbocycles. The van der Waals surface area contributed by atoms with E-state index in [2.05, 4.69) is 20.8 Å². The van der Waals surface area contributed by atoms with Crippen LogP contribution in [-0.4, -0.2) is 26.4 Å². The Kier molecular flexibility index (Phi) is 4.50. The summed E-state index contributed by atoms with van der Waals surface area (Å²) in [4.78, 5) is 13.5. The van der Waals surface area contributed by atoms with Crippen LogP contribution < -0.4 is 10.6 Å². The number of carbonyl (C=O) groups excluding carboxylic acids is 1. The molecule has 1 aliphatic rings. The van der Waals surface area contributed by atoms with Crippen LogP contribution in [-0.2, 0) is 0 Å². The standard InChI is InChI=1S/C18H18FN5OS/c1-11(17-23-22-16-4-2-3-8-24(16)17)20-18(25)21-14-7-9-26-15-6-5-12(19)10-13(14)15/h2-6,8,10-11,14H,7,9H2,1H3,(H2,20,21,25). The molecule has 3 heterocycles. The van der Waals surface area contributed by atoms with Crippen LogP contribution in [0.25, 0.3) is 5.65 Å². The second-order valence-electron chi connectivity index (χ2n) is 6.20. The Morgan fingerprint density at radius 1 is 1.35 bits per heavy atom. The fourth-order valence-electron chi connectivity index (χ4n) is 3.13. The third-order valence-electron chi connectivity index (χ3n) is 4.39. The average Bonchev–Trinajstić information content (AvgIpc) is 3.06. The van der Waals surface area contributed by atoms with E-state index in [0.717, 1.165) is 28.3 Å². The number of nitrogens with zero attached hydrogens (tertiary/aromatic N) is 3. The van der Waals surface area contributed by atoms with E-state index in [4.69, 9.17) is 0 Å². The van der Waals surface area contributed by atoms with Gasteiger partial charge in [0, 0.05) is 16.8 Å². The van der Waals surface area contributed by atoms with Crippen LogP contribution in [0.1, 0.15) is 36.8 Å². The lowest BCUT2D eigenvalue weighted by Crippen LogP contribution is -2.40. The van der Waals surface area contributed by atoms with Gasteiger partial charge in [-0.3, -0.25) is 4.40 Å². The molecule has 8 heteroatoms. The molecule has 4 rings (SSSR count). The predicted molar refractivity (Wildman–Crippen MR) is 97.6 cm³/mol. The van der Waals surface area contributed by atoms with Gasteiger partial charge < -0.3 is 10.6 Å². The van der Waals surface area contributed by atoms with Gasteiger partial charge in [0.05, 0.1) is 12.1 Å². The van der Waals surface area contributed by atoms with Crippen molar-refractivity contribution in [1.82, 2.24) is 25.2 Å². The largest absolute Gasteiger partial charge is 0.331 e. The van der Waals surface area contributed by atoms with Gasteiger partial charge in [0.25, 0.3) is 0 Å². The number of benzene rings is 1. The minimum Gasteiger partial charge on any atom is -0.331 e. The van der Waals surface area contributed by atoms with Crippen molar-refractivity contribution in [1.29, 1.82) is 0 Å². The summed E-state index contributed by atoms with van der Waals surface area (Å²) in [6, 6.07) is 9.52. The van der Waals surface area contributed by atoms with Crippen molar-refractivity contribution in [3.8, 4) is 0 Å². The highest BCUT2D eigenvalue weighted by Crippen LogP contribution is 2.36. The lowest BCUT2D eigenvalue weighted by molar-refractivity contribution is 0.233.